The van der Waals surface area contributed by atoms with Gasteiger partial charge in [0.05, 0.1) is 24.6 Å². The lowest BCUT2D eigenvalue weighted by molar-refractivity contribution is -0.140. The summed E-state index contributed by atoms with van der Waals surface area (Å²) in [6.45, 7) is 0.627. The van der Waals surface area contributed by atoms with Crippen LogP contribution in [0.1, 0.15) is 27.2 Å². The number of fused-ring (bicyclic) bond motifs is 2. The first-order valence-electron chi connectivity index (χ1n) is 12.2. The van der Waals surface area contributed by atoms with Gasteiger partial charge in [-0.1, -0.05) is 0 Å². The number of ether oxygens (including phenoxy) is 1. The molecule has 2 aromatic carbocycles. The van der Waals surface area contributed by atoms with Crippen LogP contribution >= 0.6 is 0 Å². The highest BCUT2D eigenvalue weighted by molar-refractivity contribution is 6.13. The van der Waals surface area contributed by atoms with E-state index in [9.17, 15) is 18.0 Å². The Kier molecular flexibility index (Phi) is 5.86. The maximum Gasteiger partial charge on any atom is 0.435 e. The van der Waals surface area contributed by atoms with Crippen LogP contribution in [0.4, 0.5) is 18.9 Å². The van der Waals surface area contributed by atoms with Crippen LogP contribution in [0.15, 0.2) is 67.5 Å². The topological polar surface area (TPSA) is 78.1 Å². The van der Waals surface area contributed by atoms with Gasteiger partial charge in [0.15, 0.2) is 5.69 Å². The fourth-order valence-corrected chi connectivity index (χ4v) is 5.18. The maximum absolute atomic E-state index is 14.1. The van der Waals surface area contributed by atoms with E-state index in [4.69, 9.17) is 4.74 Å². The van der Waals surface area contributed by atoms with Gasteiger partial charge in [0, 0.05) is 61.4 Å². The van der Waals surface area contributed by atoms with Gasteiger partial charge in [0.2, 0.25) is 0 Å². The zero-order valence-electron chi connectivity index (χ0n) is 21.1. The molecule has 5 aromatic rings. The van der Waals surface area contributed by atoms with E-state index in [0.29, 0.717) is 52.2 Å². The zero-order valence-corrected chi connectivity index (χ0v) is 21.1. The number of benzene rings is 2. The molecule has 6 rings (SSSR count). The summed E-state index contributed by atoms with van der Waals surface area (Å²) in [5, 5.41) is 4.45. The third-order valence-corrected chi connectivity index (χ3v) is 6.90. The van der Waals surface area contributed by atoms with Gasteiger partial charge in [-0.3, -0.25) is 14.5 Å². The molecule has 1 aliphatic rings. The van der Waals surface area contributed by atoms with Gasteiger partial charge in [-0.15, -0.1) is 0 Å². The molecule has 198 valence electrons. The number of imidazole rings is 1. The number of carbonyl (C=O) groups excluding carboxylic acids is 1. The minimum atomic E-state index is -4.65. The van der Waals surface area contributed by atoms with Crippen molar-refractivity contribution in [2.45, 2.75) is 19.1 Å². The number of rotatable bonds is 5. The number of aromatic nitrogens is 5. The Labute approximate surface area is 221 Å². The molecule has 0 saturated heterocycles. The van der Waals surface area contributed by atoms with E-state index >= 15 is 0 Å². The molecule has 0 spiro atoms. The third kappa shape index (κ3) is 4.39. The van der Waals surface area contributed by atoms with Crippen molar-refractivity contribution in [3.8, 4) is 16.9 Å². The Morgan fingerprint density at radius 3 is 2.62 bits per heavy atom. The SMILES string of the molecule is COc1ccc2nccc(N3CCc4c(cc(Cn5ccnc5)cc4-c4cn(C)nc4C(F)(F)F)C3=O)c2c1. The number of pyridine rings is 1. The predicted molar refractivity (Wildman–Crippen MR) is 139 cm³/mol. The number of hydrogen-bond acceptors (Lipinski definition) is 5. The Morgan fingerprint density at radius 1 is 1.05 bits per heavy atom. The summed E-state index contributed by atoms with van der Waals surface area (Å²) in [4.78, 5) is 24.2. The fraction of sp³-hybridized carbons (Fsp3) is 0.214. The highest BCUT2D eigenvalue weighted by atomic mass is 19.4. The molecule has 4 heterocycles. The highest BCUT2D eigenvalue weighted by Gasteiger charge is 2.39. The molecular formula is C28H23F3N6O2. The van der Waals surface area contributed by atoms with E-state index in [1.54, 1.807) is 65.8 Å². The van der Waals surface area contributed by atoms with Gasteiger partial charge in [0.25, 0.3) is 5.91 Å². The van der Waals surface area contributed by atoms with Crippen molar-refractivity contribution in [3.63, 3.8) is 0 Å². The number of methoxy groups -OCH3 is 1. The Bertz CT molecular complexity index is 1710. The third-order valence-electron chi connectivity index (χ3n) is 6.90. The van der Waals surface area contributed by atoms with E-state index in [1.165, 1.54) is 13.2 Å². The molecule has 0 N–H and O–H groups in total. The molecule has 0 unspecified atom stereocenters. The maximum atomic E-state index is 14.1. The summed E-state index contributed by atoms with van der Waals surface area (Å²) in [6.07, 6.45) is 3.71. The van der Waals surface area contributed by atoms with Crippen LogP contribution in [0.25, 0.3) is 22.0 Å². The van der Waals surface area contributed by atoms with Crippen LogP contribution in [-0.2, 0) is 26.2 Å². The molecule has 1 amide bonds. The zero-order chi connectivity index (χ0) is 27.3. The smallest absolute Gasteiger partial charge is 0.435 e. The average Bonchev–Trinajstić information content (AvgIpc) is 3.58. The molecule has 1 aliphatic heterocycles. The van der Waals surface area contributed by atoms with Crippen LogP contribution in [0, 0.1) is 0 Å². The second-order valence-electron chi connectivity index (χ2n) is 9.39. The van der Waals surface area contributed by atoms with E-state index in [-0.39, 0.29) is 18.0 Å². The molecule has 0 radical (unpaired) electrons. The van der Waals surface area contributed by atoms with E-state index in [2.05, 4.69) is 15.1 Å². The van der Waals surface area contributed by atoms with Crippen molar-refractivity contribution in [1.82, 2.24) is 24.3 Å². The van der Waals surface area contributed by atoms with Crippen LogP contribution < -0.4 is 9.64 Å². The van der Waals surface area contributed by atoms with Crippen molar-refractivity contribution in [1.29, 1.82) is 0 Å². The molecule has 0 bridgehead atoms. The Hall–Kier alpha value is -4.67. The second kappa shape index (κ2) is 9.26. The molecular weight excluding hydrogens is 509 g/mol. The second-order valence-corrected chi connectivity index (χ2v) is 9.39. The first-order chi connectivity index (χ1) is 18.7. The van der Waals surface area contributed by atoms with Gasteiger partial charge >= 0.3 is 6.18 Å². The number of nitrogens with zero attached hydrogens (tertiary/aromatic N) is 6. The van der Waals surface area contributed by atoms with Gasteiger partial charge in [0.1, 0.15) is 5.75 Å². The van der Waals surface area contributed by atoms with Crippen LogP contribution in [0.2, 0.25) is 0 Å². The number of aryl methyl sites for hydroxylation is 1. The van der Waals surface area contributed by atoms with E-state index < -0.39 is 11.9 Å². The molecule has 8 nitrogen and oxygen atoms in total. The molecule has 11 heteroatoms. The minimum absolute atomic E-state index is 0.0471. The Balaban J connectivity index is 1.52. The lowest BCUT2D eigenvalue weighted by Crippen LogP contribution is -2.38. The predicted octanol–water partition coefficient (Wildman–Crippen LogP) is 5.11. The normalized spacial score (nSPS) is 13.7. The van der Waals surface area contributed by atoms with E-state index in [1.807, 2.05) is 12.1 Å². The van der Waals surface area contributed by atoms with Gasteiger partial charge < -0.3 is 14.2 Å². The number of carbonyl (C=O) groups is 1. The first-order valence-corrected chi connectivity index (χ1v) is 12.2. The van der Waals surface area contributed by atoms with Crippen molar-refractivity contribution in [3.05, 3.63) is 89.9 Å². The number of halogens is 3. The lowest BCUT2D eigenvalue weighted by atomic mass is 9.88. The molecule has 0 aliphatic carbocycles. The van der Waals surface area contributed by atoms with Gasteiger partial charge in [-0.2, -0.15) is 18.3 Å². The van der Waals surface area contributed by atoms with E-state index in [0.717, 1.165) is 10.1 Å². The van der Waals surface area contributed by atoms with Crippen LogP contribution in [0.3, 0.4) is 0 Å². The Morgan fingerprint density at radius 2 is 1.87 bits per heavy atom. The monoisotopic (exact) mass is 532 g/mol. The molecule has 39 heavy (non-hydrogen) atoms. The standard InChI is InChI=1S/C28H23F3N6O2/c1-35-15-23(26(34-35)28(29,30)31)20-11-17(14-36-10-8-32-16-36)12-21-19(20)6-9-37(27(21)38)25-5-7-33-24-4-3-18(39-2)13-22(24)25/h3-5,7-8,10-13,15-16H,6,9,14H2,1-2H3. The summed E-state index contributed by atoms with van der Waals surface area (Å²) in [7, 11) is 3.02. The number of anilines is 1. The summed E-state index contributed by atoms with van der Waals surface area (Å²) in [5.41, 5.74) is 2.30. The summed E-state index contributed by atoms with van der Waals surface area (Å²) in [6, 6.07) is 10.7. The molecule has 0 fully saturated rings. The minimum Gasteiger partial charge on any atom is -0.497 e. The summed E-state index contributed by atoms with van der Waals surface area (Å²) >= 11 is 0. The summed E-state index contributed by atoms with van der Waals surface area (Å²) in [5.74, 6) is 0.334. The molecule has 0 saturated carbocycles. The van der Waals surface area contributed by atoms with Gasteiger partial charge in [-0.25, -0.2) is 4.98 Å². The van der Waals surface area contributed by atoms with Crippen molar-refractivity contribution in [2.24, 2.45) is 7.05 Å². The molecule has 0 atom stereocenters. The van der Waals surface area contributed by atoms with Crippen molar-refractivity contribution < 1.29 is 22.7 Å². The number of amides is 1. The van der Waals surface area contributed by atoms with Crippen molar-refractivity contribution in [2.75, 3.05) is 18.6 Å². The summed E-state index contributed by atoms with van der Waals surface area (Å²) < 4.78 is 50.3. The average molecular weight is 533 g/mol. The largest absolute Gasteiger partial charge is 0.497 e. The lowest BCUT2D eigenvalue weighted by Gasteiger charge is -2.31. The molecule has 3 aromatic heterocycles. The number of hydrogen-bond donors (Lipinski definition) is 0. The highest BCUT2D eigenvalue weighted by Crippen LogP contribution is 2.41. The van der Waals surface area contributed by atoms with Crippen LogP contribution in [-0.4, -0.2) is 43.9 Å². The van der Waals surface area contributed by atoms with Crippen molar-refractivity contribution >= 4 is 22.5 Å². The first kappa shape index (κ1) is 24.7. The fourth-order valence-electron chi connectivity index (χ4n) is 5.18. The van der Waals surface area contributed by atoms with Crippen LogP contribution in [0.5, 0.6) is 5.75 Å². The quantitative estimate of drug-likeness (QED) is 0.314. The number of alkyl halides is 3. The van der Waals surface area contributed by atoms with Gasteiger partial charge in [-0.05, 0) is 59.5 Å².